The van der Waals surface area contributed by atoms with Crippen LogP contribution in [0.1, 0.15) is 38.2 Å². The van der Waals surface area contributed by atoms with Crippen LogP contribution in [-0.2, 0) is 14.9 Å². The lowest BCUT2D eigenvalue weighted by atomic mass is 9.72. The standard InChI is InChI=1S/C21H23ClN4O2/c1-13-11-27-7-6-26(13)18-8-17(16-4-5-24-20(22)19(16)25-18)21(12-23)9-14-2-3-15(10-21)28-14/h4-5,8,13-15H,2-3,6-7,9-11H2,1H3/t13-,14?,15?,21?/m1/s1. The number of aromatic nitrogens is 2. The minimum Gasteiger partial charge on any atom is -0.377 e. The van der Waals surface area contributed by atoms with E-state index < -0.39 is 5.41 Å². The van der Waals surface area contributed by atoms with Gasteiger partial charge in [-0.1, -0.05) is 11.6 Å². The summed E-state index contributed by atoms with van der Waals surface area (Å²) in [5, 5.41) is 11.6. The van der Waals surface area contributed by atoms with Gasteiger partial charge in [0.2, 0.25) is 0 Å². The summed E-state index contributed by atoms with van der Waals surface area (Å²) in [6, 6.07) is 6.93. The highest BCUT2D eigenvalue weighted by atomic mass is 35.5. The zero-order valence-corrected chi connectivity index (χ0v) is 16.7. The summed E-state index contributed by atoms with van der Waals surface area (Å²) < 4.78 is 11.6. The average molecular weight is 399 g/mol. The quantitative estimate of drug-likeness (QED) is 0.719. The lowest BCUT2D eigenvalue weighted by molar-refractivity contribution is -0.0181. The van der Waals surface area contributed by atoms with Crippen LogP contribution >= 0.6 is 11.6 Å². The second-order valence-corrected chi connectivity index (χ2v) is 8.56. The van der Waals surface area contributed by atoms with Gasteiger partial charge in [0.25, 0.3) is 0 Å². The first-order valence-corrected chi connectivity index (χ1v) is 10.3. The Labute approximate surface area is 169 Å². The van der Waals surface area contributed by atoms with Crippen molar-refractivity contribution >= 4 is 28.3 Å². The van der Waals surface area contributed by atoms with E-state index in [0.29, 0.717) is 23.9 Å². The number of pyridine rings is 2. The second-order valence-electron chi connectivity index (χ2n) is 8.20. The summed E-state index contributed by atoms with van der Waals surface area (Å²) in [6.45, 7) is 4.23. The summed E-state index contributed by atoms with van der Waals surface area (Å²) in [5.41, 5.74) is 1.10. The molecule has 2 aromatic heterocycles. The predicted molar refractivity (Wildman–Crippen MR) is 107 cm³/mol. The highest BCUT2D eigenvalue weighted by molar-refractivity contribution is 6.33. The molecule has 0 N–H and O–H groups in total. The Morgan fingerprint density at radius 3 is 2.82 bits per heavy atom. The SMILES string of the molecule is C[C@@H]1COCCN1c1cc(C2(C#N)CC3CCC(C2)O3)c2ccnc(Cl)c2n1. The van der Waals surface area contributed by atoms with E-state index in [1.165, 1.54) is 0 Å². The Kier molecular flexibility index (Phi) is 4.42. The van der Waals surface area contributed by atoms with Crippen LogP contribution in [0, 0.1) is 11.3 Å². The molecule has 2 aromatic rings. The first kappa shape index (κ1) is 18.1. The summed E-state index contributed by atoms with van der Waals surface area (Å²) >= 11 is 6.45. The molecule has 0 aromatic carbocycles. The van der Waals surface area contributed by atoms with Crippen molar-refractivity contribution in [3.8, 4) is 6.07 Å². The predicted octanol–water partition coefficient (Wildman–Crippen LogP) is 3.61. The van der Waals surface area contributed by atoms with E-state index >= 15 is 0 Å². The molecule has 3 aliphatic heterocycles. The second kappa shape index (κ2) is 6.84. The van der Waals surface area contributed by atoms with Crippen molar-refractivity contribution in [1.29, 1.82) is 5.26 Å². The Morgan fingerprint density at radius 1 is 1.32 bits per heavy atom. The van der Waals surface area contributed by atoms with E-state index in [9.17, 15) is 5.26 Å². The van der Waals surface area contributed by atoms with Gasteiger partial charge in [0.1, 0.15) is 11.3 Å². The zero-order valence-electron chi connectivity index (χ0n) is 15.9. The van der Waals surface area contributed by atoms with Crippen LogP contribution in [0.15, 0.2) is 18.3 Å². The van der Waals surface area contributed by atoms with Gasteiger partial charge in [0.05, 0.1) is 42.9 Å². The molecular weight excluding hydrogens is 376 g/mol. The number of ether oxygens (including phenoxy) is 2. The first-order valence-electron chi connectivity index (χ1n) is 9.96. The molecule has 2 bridgehead atoms. The van der Waals surface area contributed by atoms with Gasteiger partial charge in [0.15, 0.2) is 5.15 Å². The molecular formula is C21H23ClN4O2. The molecule has 0 radical (unpaired) electrons. The van der Waals surface area contributed by atoms with Gasteiger partial charge in [0, 0.05) is 18.1 Å². The van der Waals surface area contributed by atoms with E-state index in [2.05, 4.69) is 28.9 Å². The minimum absolute atomic E-state index is 0.157. The molecule has 0 saturated carbocycles. The van der Waals surface area contributed by atoms with Crippen LogP contribution in [0.4, 0.5) is 5.82 Å². The van der Waals surface area contributed by atoms with Crippen LogP contribution in [0.3, 0.4) is 0 Å². The summed E-state index contributed by atoms with van der Waals surface area (Å²) in [4.78, 5) is 11.3. The fraction of sp³-hybridized carbons (Fsp3) is 0.571. The lowest BCUT2D eigenvalue weighted by Gasteiger charge is -2.38. The van der Waals surface area contributed by atoms with Gasteiger partial charge in [-0.05, 0) is 50.3 Å². The maximum Gasteiger partial charge on any atom is 0.155 e. The molecule has 7 heteroatoms. The van der Waals surface area contributed by atoms with E-state index in [1.807, 2.05) is 6.07 Å². The Bertz CT molecular complexity index is 947. The van der Waals surface area contributed by atoms with E-state index in [1.54, 1.807) is 6.20 Å². The Morgan fingerprint density at radius 2 is 2.11 bits per heavy atom. The summed E-state index contributed by atoms with van der Waals surface area (Å²) in [5.74, 6) is 0.849. The van der Waals surface area contributed by atoms with Crippen molar-refractivity contribution in [1.82, 2.24) is 9.97 Å². The third-order valence-electron chi connectivity index (χ3n) is 6.41. The molecule has 3 fully saturated rings. The largest absolute Gasteiger partial charge is 0.377 e. The van der Waals surface area contributed by atoms with Crippen molar-refractivity contribution in [3.63, 3.8) is 0 Å². The van der Waals surface area contributed by atoms with Crippen LogP contribution in [0.25, 0.3) is 10.9 Å². The number of fused-ring (bicyclic) bond motifs is 3. The van der Waals surface area contributed by atoms with Gasteiger partial charge in [-0.25, -0.2) is 9.97 Å². The normalized spacial score (nSPS) is 32.5. The number of nitrogens with zero attached hydrogens (tertiary/aromatic N) is 4. The van der Waals surface area contributed by atoms with Gasteiger partial charge in [-0.2, -0.15) is 5.26 Å². The number of hydrogen-bond donors (Lipinski definition) is 0. The number of rotatable bonds is 2. The smallest absolute Gasteiger partial charge is 0.155 e. The Hall–Kier alpha value is -1.94. The average Bonchev–Trinajstić information content (AvgIpc) is 3.06. The Balaban J connectivity index is 1.71. The van der Waals surface area contributed by atoms with Crippen LogP contribution < -0.4 is 4.90 Å². The number of halogens is 1. The monoisotopic (exact) mass is 398 g/mol. The molecule has 2 unspecified atom stereocenters. The van der Waals surface area contributed by atoms with Gasteiger partial charge in [-0.3, -0.25) is 0 Å². The molecule has 5 heterocycles. The first-order chi connectivity index (χ1) is 13.6. The lowest BCUT2D eigenvalue weighted by Crippen LogP contribution is -2.44. The van der Waals surface area contributed by atoms with Crippen LogP contribution in [0.5, 0.6) is 0 Å². The number of morpholine rings is 1. The van der Waals surface area contributed by atoms with Crippen molar-refractivity contribution < 1.29 is 9.47 Å². The van der Waals surface area contributed by atoms with Crippen LogP contribution in [-0.4, -0.2) is 48.0 Å². The van der Waals surface area contributed by atoms with Crippen molar-refractivity contribution in [2.75, 3.05) is 24.7 Å². The third-order valence-corrected chi connectivity index (χ3v) is 6.69. The fourth-order valence-corrected chi connectivity index (χ4v) is 5.23. The highest BCUT2D eigenvalue weighted by Gasteiger charge is 2.47. The molecule has 0 aliphatic carbocycles. The molecule has 6 nitrogen and oxygen atoms in total. The molecule has 28 heavy (non-hydrogen) atoms. The van der Waals surface area contributed by atoms with Crippen molar-refractivity contribution in [3.05, 3.63) is 29.0 Å². The minimum atomic E-state index is -0.583. The van der Waals surface area contributed by atoms with Crippen molar-refractivity contribution in [2.45, 2.75) is 56.3 Å². The molecule has 3 aliphatic rings. The van der Waals surface area contributed by atoms with Gasteiger partial charge in [-0.15, -0.1) is 0 Å². The molecule has 146 valence electrons. The number of nitriles is 1. The van der Waals surface area contributed by atoms with E-state index in [0.717, 1.165) is 49.0 Å². The molecule has 3 atom stereocenters. The summed E-state index contributed by atoms with van der Waals surface area (Å²) in [6.07, 6.45) is 5.52. The molecule has 0 spiro atoms. The zero-order chi connectivity index (χ0) is 19.3. The van der Waals surface area contributed by atoms with Crippen molar-refractivity contribution in [2.24, 2.45) is 0 Å². The third kappa shape index (κ3) is 2.85. The van der Waals surface area contributed by atoms with Gasteiger partial charge >= 0.3 is 0 Å². The number of hydrogen-bond acceptors (Lipinski definition) is 6. The summed E-state index contributed by atoms with van der Waals surface area (Å²) in [7, 11) is 0. The van der Waals surface area contributed by atoms with Crippen LogP contribution in [0.2, 0.25) is 5.15 Å². The molecule has 5 rings (SSSR count). The molecule has 3 saturated heterocycles. The maximum absolute atomic E-state index is 10.3. The highest BCUT2D eigenvalue weighted by Crippen LogP contribution is 2.48. The topological polar surface area (TPSA) is 71.3 Å². The van der Waals surface area contributed by atoms with Gasteiger partial charge < -0.3 is 14.4 Å². The number of anilines is 1. The molecule has 0 amide bonds. The van der Waals surface area contributed by atoms with E-state index in [4.69, 9.17) is 26.1 Å². The fourth-order valence-electron chi connectivity index (χ4n) is 5.03. The van der Waals surface area contributed by atoms with E-state index in [-0.39, 0.29) is 18.2 Å². The maximum atomic E-state index is 10.3.